The second-order valence-corrected chi connectivity index (χ2v) is 2.03. The molecule has 0 atom stereocenters. The van der Waals surface area contributed by atoms with E-state index in [-0.39, 0.29) is 0 Å². The molecular formula is C7H12N2+2. The largest absolute Gasteiger partial charge is 0.325 e. The average Bonchev–Trinajstić information content (AvgIpc) is 1.90. The van der Waals surface area contributed by atoms with Gasteiger partial charge in [0, 0.05) is 24.3 Å². The van der Waals surface area contributed by atoms with Crippen molar-refractivity contribution in [3.8, 4) is 0 Å². The molecule has 2 heteroatoms. The van der Waals surface area contributed by atoms with Gasteiger partial charge in [-0.15, -0.1) is 0 Å². The van der Waals surface area contributed by atoms with Crippen LogP contribution in [0.15, 0.2) is 24.3 Å². The fraction of sp³-hybridized carbons (Fsp3) is 0.143. The van der Waals surface area contributed by atoms with Crippen molar-refractivity contribution in [3.63, 3.8) is 0 Å². The first-order valence-corrected chi connectivity index (χ1v) is 3.04. The van der Waals surface area contributed by atoms with Crippen LogP contribution in [0.5, 0.6) is 0 Å². The molecule has 0 unspecified atom stereocenters. The van der Waals surface area contributed by atoms with Gasteiger partial charge in [-0.05, 0) is 0 Å². The molecule has 0 aliphatic rings. The van der Waals surface area contributed by atoms with Crippen LogP contribution >= 0.6 is 0 Å². The lowest BCUT2D eigenvalue weighted by Gasteiger charge is -1.90. The summed E-state index contributed by atoms with van der Waals surface area (Å²) in [5, 5.41) is 2.07. The minimum atomic E-state index is 1.07. The number of benzene rings is 1. The van der Waals surface area contributed by atoms with Crippen molar-refractivity contribution in [1.29, 1.82) is 0 Å². The zero-order valence-electron chi connectivity index (χ0n) is 5.59. The fourth-order valence-electron chi connectivity index (χ4n) is 0.710. The Labute approximate surface area is 54.7 Å². The summed E-state index contributed by atoms with van der Waals surface area (Å²) in [5.74, 6) is 0. The highest BCUT2D eigenvalue weighted by molar-refractivity contribution is 5.37. The molecule has 1 aromatic rings. The Morgan fingerprint density at radius 1 is 1.22 bits per heavy atom. The molecule has 1 aromatic carbocycles. The monoisotopic (exact) mass is 124 g/mol. The minimum absolute atomic E-state index is 1.07. The molecule has 0 aromatic heterocycles. The zero-order valence-corrected chi connectivity index (χ0v) is 5.59. The smallest absolute Gasteiger partial charge is 0.129 e. The molecule has 0 bridgehead atoms. The van der Waals surface area contributed by atoms with Gasteiger partial charge < -0.3 is 11.1 Å². The van der Waals surface area contributed by atoms with Crippen molar-refractivity contribution < 1.29 is 11.1 Å². The van der Waals surface area contributed by atoms with Gasteiger partial charge in [0.1, 0.15) is 11.4 Å². The van der Waals surface area contributed by atoms with E-state index in [0.717, 1.165) is 5.69 Å². The second-order valence-electron chi connectivity index (χ2n) is 2.03. The highest BCUT2D eigenvalue weighted by Gasteiger charge is 1.90. The van der Waals surface area contributed by atoms with Crippen LogP contribution in [0.25, 0.3) is 0 Å². The Balaban J connectivity index is 2.88. The molecule has 0 heterocycles. The second kappa shape index (κ2) is 2.62. The summed E-state index contributed by atoms with van der Waals surface area (Å²) in [6.45, 7) is 0. The highest BCUT2D eigenvalue weighted by atomic mass is 14.8. The topological polar surface area (TPSA) is 44.2 Å². The Kier molecular flexibility index (Phi) is 1.82. The van der Waals surface area contributed by atoms with Gasteiger partial charge in [-0.3, -0.25) is 0 Å². The Hall–Kier alpha value is -0.860. The molecule has 0 radical (unpaired) electrons. The van der Waals surface area contributed by atoms with E-state index < -0.39 is 0 Å². The standard InChI is InChI=1S/C7H10N2/c1-9-7-4-2-6(8)3-5-7/h2-5,9H,8H2,1H3/p+2. The molecular weight excluding hydrogens is 112 g/mol. The van der Waals surface area contributed by atoms with Crippen LogP contribution in [0.3, 0.4) is 0 Å². The molecule has 48 valence electrons. The van der Waals surface area contributed by atoms with Gasteiger partial charge in [0.2, 0.25) is 0 Å². The summed E-state index contributed by atoms with van der Waals surface area (Å²) in [6.07, 6.45) is 0. The van der Waals surface area contributed by atoms with Gasteiger partial charge >= 0.3 is 0 Å². The minimum Gasteiger partial charge on any atom is -0.325 e. The summed E-state index contributed by atoms with van der Waals surface area (Å²) < 4.78 is 0. The van der Waals surface area contributed by atoms with E-state index in [1.807, 2.05) is 19.2 Å². The lowest BCUT2D eigenvalue weighted by Crippen LogP contribution is -2.72. The SMILES string of the molecule is C[NH2+]c1ccc([NH3+])cc1. The maximum atomic E-state index is 3.78. The number of nitrogens with two attached hydrogens (primary N) is 1. The molecule has 9 heavy (non-hydrogen) atoms. The maximum Gasteiger partial charge on any atom is 0.129 e. The van der Waals surface area contributed by atoms with E-state index in [1.54, 1.807) is 0 Å². The molecule has 0 aliphatic carbocycles. The Morgan fingerprint density at radius 2 is 1.78 bits per heavy atom. The van der Waals surface area contributed by atoms with Crippen molar-refractivity contribution in [2.75, 3.05) is 7.05 Å². The lowest BCUT2D eigenvalue weighted by molar-refractivity contribution is -0.539. The van der Waals surface area contributed by atoms with Gasteiger partial charge in [-0.2, -0.15) is 0 Å². The van der Waals surface area contributed by atoms with Gasteiger partial charge in [-0.25, -0.2) is 0 Å². The molecule has 1 rings (SSSR count). The van der Waals surface area contributed by atoms with Crippen molar-refractivity contribution >= 4 is 11.4 Å². The predicted octanol–water partition coefficient (Wildman–Crippen LogP) is -0.615. The number of rotatable bonds is 1. The average molecular weight is 124 g/mol. The van der Waals surface area contributed by atoms with E-state index in [2.05, 4.69) is 23.2 Å². The Bertz CT molecular complexity index is 179. The normalized spacial score (nSPS) is 9.56. The maximum absolute atomic E-state index is 3.78. The third-order valence-corrected chi connectivity index (χ3v) is 1.31. The van der Waals surface area contributed by atoms with E-state index in [0.29, 0.717) is 0 Å². The van der Waals surface area contributed by atoms with E-state index in [9.17, 15) is 0 Å². The molecule has 5 N–H and O–H groups in total. The number of hydrogen-bond acceptors (Lipinski definition) is 0. The molecule has 2 nitrogen and oxygen atoms in total. The van der Waals surface area contributed by atoms with Crippen molar-refractivity contribution in [2.45, 2.75) is 0 Å². The molecule has 0 aliphatic heterocycles. The first-order chi connectivity index (χ1) is 4.33. The van der Waals surface area contributed by atoms with E-state index in [1.165, 1.54) is 5.69 Å². The predicted molar refractivity (Wildman–Crippen MR) is 36.5 cm³/mol. The summed E-state index contributed by atoms with van der Waals surface area (Å²) >= 11 is 0. The third-order valence-electron chi connectivity index (χ3n) is 1.31. The first-order valence-electron chi connectivity index (χ1n) is 3.04. The number of quaternary nitrogens is 2. The summed E-state index contributed by atoms with van der Waals surface area (Å²) in [6, 6.07) is 8.13. The zero-order chi connectivity index (χ0) is 6.69. The van der Waals surface area contributed by atoms with Gasteiger partial charge in [-0.1, -0.05) is 0 Å². The van der Waals surface area contributed by atoms with Crippen molar-refractivity contribution in [1.82, 2.24) is 0 Å². The van der Waals surface area contributed by atoms with Gasteiger partial charge in [0.25, 0.3) is 0 Å². The summed E-state index contributed by atoms with van der Waals surface area (Å²) in [7, 11) is 2.03. The van der Waals surface area contributed by atoms with Crippen molar-refractivity contribution in [2.24, 2.45) is 0 Å². The van der Waals surface area contributed by atoms with Crippen LogP contribution in [-0.4, -0.2) is 7.05 Å². The quantitative estimate of drug-likeness (QED) is 0.469. The third kappa shape index (κ3) is 1.52. The molecule has 0 saturated carbocycles. The first kappa shape index (κ1) is 6.26. The molecule has 0 fully saturated rings. The van der Waals surface area contributed by atoms with Crippen LogP contribution in [0.4, 0.5) is 11.4 Å². The van der Waals surface area contributed by atoms with Crippen LogP contribution < -0.4 is 11.1 Å². The van der Waals surface area contributed by atoms with Crippen LogP contribution in [-0.2, 0) is 0 Å². The van der Waals surface area contributed by atoms with E-state index in [4.69, 9.17) is 0 Å². The fourth-order valence-corrected chi connectivity index (χ4v) is 0.710. The summed E-state index contributed by atoms with van der Waals surface area (Å²) in [5.41, 5.74) is 6.10. The van der Waals surface area contributed by atoms with E-state index >= 15 is 0 Å². The van der Waals surface area contributed by atoms with Crippen LogP contribution in [0.1, 0.15) is 0 Å². The molecule has 0 amide bonds. The highest BCUT2D eigenvalue weighted by Crippen LogP contribution is 2.02. The van der Waals surface area contributed by atoms with Crippen LogP contribution in [0.2, 0.25) is 0 Å². The van der Waals surface area contributed by atoms with Crippen molar-refractivity contribution in [3.05, 3.63) is 24.3 Å². The molecule has 0 saturated heterocycles. The van der Waals surface area contributed by atoms with Crippen LogP contribution in [0, 0.1) is 0 Å². The Morgan fingerprint density at radius 3 is 2.22 bits per heavy atom. The summed E-state index contributed by atoms with van der Waals surface area (Å²) in [4.78, 5) is 0. The lowest BCUT2D eigenvalue weighted by atomic mass is 10.3. The van der Waals surface area contributed by atoms with Gasteiger partial charge in [0.15, 0.2) is 0 Å². The number of hydrogen-bond donors (Lipinski definition) is 2. The molecule has 0 spiro atoms. The van der Waals surface area contributed by atoms with Gasteiger partial charge in [0.05, 0.1) is 7.05 Å².